The van der Waals surface area contributed by atoms with Crippen LogP contribution in [-0.2, 0) is 9.53 Å². The van der Waals surface area contributed by atoms with E-state index in [1.807, 2.05) is 0 Å². The predicted molar refractivity (Wildman–Crippen MR) is 67.3 cm³/mol. The van der Waals surface area contributed by atoms with Crippen LogP contribution in [0.4, 0.5) is 8.78 Å². The Morgan fingerprint density at radius 1 is 1.39 bits per heavy atom. The van der Waals surface area contributed by atoms with Gasteiger partial charge >= 0.3 is 5.97 Å². The summed E-state index contributed by atoms with van der Waals surface area (Å²) < 4.78 is 30.5. The zero-order chi connectivity index (χ0) is 13.7. The third kappa shape index (κ3) is 4.34. The third-order valence-electron chi connectivity index (χ3n) is 2.31. The van der Waals surface area contributed by atoms with Gasteiger partial charge in [-0.1, -0.05) is 15.9 Å². The fourth-order valence-corrected chi connectivity index (χ4v) is 2.02. The second kappa shape index (κ2) is 6.80. The summed E-state index contributed by atoms with van der Waals surface area (Å²) in [4.78, 5) is 11.3. The fourth-order valence-electron chi connectivity index (χ4n) is 1.49. The summed E-state index contributed by atoms with van der Waals surface area (Å²) in [6.07, 6.45) is -2.61. The number of nitrogens with two attached hydrogens (primary N) is 1. The van der Waals surface area contributed by atoms with Crippen LogP contribution in [0.3, 0.4) is 0 Å². The van der Waals surface area contributed by atoms with E-state index < -0.39 is 18.4 Å². The maximum absolute atomic E-state index is 12.6. The topological polar surface area (TPSA) is 52.3 Å². The molecule has 0 amide bonds. The number of esters is 1. The fraction of sp³-hybridized carbons (Fsp3) is 0.417. The summed E-state index contributed by atoms with van der Waals surface area (Å²) in [7, 11) is 0. The highest BCUT2D eigenvalue weighted by Gasteiger charge is 2.16. The molecule has 1 unspecified atom stereocenters. The van der Waals surface area contributed by atoms with Gasteiger partial charge in [0.05, 0.1) is 13.0 Å². The van der Waals surface area contributed by atoms with Crippen molar-refractivity contribution in [1.82, 2.24) is 0 Å². The van der Waals surface area contributed by atoms with Crippen LogP contribution in [-0.4, -0.2) is 12.6 Å². The predicted octanol–water partition coefficient (Wildman–Crippen LogP) is 3.34. The summed E-state index contributed by atoms with van der Waals surface area (Å²) in [5.74, 6) is -0.441. The van der Waals surface area contributed by atoms with Crippen molar-refractivity contribution in [1.29, 1.82) is 0 Å². The van der Waals surface area contributed by atoms with Gasteiger partial charge in [0.25, 0.3) is 6.43 Å². The van der Waals surface area contributed by atoms with E-state index in [2.05, 4.69) is 15.9 Å². The quantitative estimate of drug-likeness (QED) is 0.846. The smallest absolute Gasteiger partial charge is 0.307 e. The molecule has 0 aromatic heterocycles. The number of hydrogen-bond acceptors (Lipinski definition) is 3. The van der Waals surface area contributed by atoms with Crippen LogP contribution in [0.1, 0.15) is 36.9 Å². The molecule has 18 heavy (non-hydrogen) atoms. The summed E-state index contributed by atoms with van der Waals surface area (Å²) in [5.41, 5.74) is 6.15. The average molecular weight is 322 g/mol. The standard InChI is InChI=1S/C12H14BrF2NO2/c1-2-18-11(17)6-10(16)7-3-8(12(14)15)5-9(13)4-7/h3-5,10,12H,2,6,16H2,1H3. The molecule has 0 saturated heterocycles. The molecule has 0 aliphatic carbocycles. The maximum atomic E-state index is 12.6. The summed E-state index contributed by atoms with van der Waals surface area (Å²) in [6.45, 7) is 1.96. The molecule has 2 N–H and O–H groups in total. The molecule has 3 nitrogen and oxygen atoms in total. The monoisotopic (exact) mass is 321 g/mol. The highest BCUT2D eigenvalue weighted by atomic mass is 79.9. The van der Waals surface area contributed by atoms with Crippen molar-refractivity contribution in [2.75, 3.05) is 6.61 Å². The molecule has 100 valence electrons. The van der Waals surface area contributed by atoms with Crippen LogP contribution in [0, 0.1) is 0 Å². The minimum absolute atomic E-state index is 0.0348. The molecule has 0 fully saturated rings. The molecule has 0 aliphatic rings. The third-order valence-corrected chi connectivity index (χ3v) is 2.77. The number of ether oxygens (including phenoxy) is 1. The van der Waals surface area contributed by atoms with E-state index in [1.165, 1.54) is 12.1 Å². The Hall–Kier alpha value is -1.01. The minimum Gasteiger partial charge on any atom is -0.466 e. The highest BCUT2D eigenvalue weighted by molar-refractivity contribution is 9.10. The zero-order valence-corrected chi connectivity index (χ0v) is 11.4. The number of carbonyl (C=O) groups excluding carboxylic acids is 1. The molecule has 1 atom stereocenters. The molecule has 6 heteroatoms. The van der Waals surface area contributed by atoms with Crippen LogP contribution in [0.2, 0.25) is 0 Å². The largest absolute Gasteiger partial charge is 0.466 e. The van der Waals surface area contributed by atoms with Crippen LogP contribution >= 0.6 is 15.9 Å². The van der Waals surface area contributed by atoms with Crippen LogP contribution in [0.15, 0.2) is 22.7 Å². The highest BCUT2D eigenvalue weighted by Crippen LogP contribution is 2.27. The van der Waals surface area contributed by atoms with Crippen LogP contribution in [0.25, 0.3) is 0 Å². The molecule has 0 saturated carbocycles. The Balaban J connectivity index is 2.85. The summed E-state index contributed by atoms with van der Waals surface area (Å²) >= 11 is 3.14. The molecule has 1 aromatic rings. The molecule has 1 aromatic carbocycles. The normalized spacial score (nSPS) is 12.6. The van der Waals surface area contributed by atoms with Gasteiger partial charge in [-0.05, 0) is 30.7 Å². The van der Waals surface area contributed by atoms with Gasteiger partial charge in [0.15, 0.2) is 0 Å². The Bertz CT molecular complexity index is 427. The second-order valence-electron chi connectivity index (χ2n) is 3.73. The Morgan fingerprint density at radius 3 is 2.56 bits per heavy atom. The van der Waals surface area contributed by atoms with Gasteiger partial charge in [-0.25, -0.2) is 8.78 Å². The second-order valence-corrected chi connectivity index (χ2v) is 4.65. The van der Waals surface area contributed by atoms with Gasteiger partial charge in [0.1, 0.15) is 0 Å². The van der Waals surface area contributed by atoms with Crippen molar-refractivity contribution in [3.8, 4) is 0 Å². The molecule has 0 radical (unpaired) electrons. The molecule has 0 aliphatic heterocycles. The first kappa shape index (κ1) is 15.0. The number of alkyl halides is 2. The first-order valence-electron chi connectivity index (χ1n) is 5.43. The van der Waals surface area contributed by atoms with Gasteiger partial charge in [-0.3, -0.25) is 4.79 Å². The van der Waals surface area contributed by atoms with Crippen LogP contribution < -0.4 is 5.73 Å². The first-order valence-corrected chi connectivity index (χ1v) is 6.23. The van der Waals surface area contributed by atoms with E-state index in [1.54, 1.807) is 13.0 Å². The molecular weight excluding hydrogens is 308 g/mol. The van der Waals surface area contributed by atoms with Gasteiger partial charge in [-0.15, -0.1) is 0 Å². The number of hydrogen-bond donors (Lipinski definition) is 1. The van der Waals surface area contributed by atoms with Gasteiger partial charge in [-0.2, -0.15) is 0 Å². The lowest BCUT2D eigenvalue weighted by Crippen LogP contribution is -2.17. The minimum atomic E-state index is -2.57. The molecule has 0 spiro atoms. The van der Waals surface area contributed by atoms with E-state index in [4.69, 9.17) is 10.5 Å². The number of rotatable bonds is 5. The van der Waals surface area contributed by atoms with E-state index in [0.29, 0.717) is 10.0 Å². The van der Waals surface area contributed by atoms with Crippen molar-refractivity contribution in [3.63, 3.8) is 0 Å². The van der Waals surface area contributed by atoms with E-state index >= 15 is 0 Å². The number of carbonyl (C=O) groups is 1. The van der Waals surface area contributed by atoms with Gasteiger partial charge in [0, 0.05) is 16.1 Å². The van der Waals surface area contributed by atoms with Crippen molar-refractivity contribution in [2.24, 2.45) is 5.73 Å². The average Bonchev–Trinajstić information content (AvgIpc) is 2.28. The SMILES string of the molecule is CCOC(=O)CC(N)c1cc(Br)cc(C(F)F)c1. The van der Waals surface area contributed by atoms with E-state index in [0.717, 1.165) is 0 Å². The van der Waals surface area contributed by atoms with Crippen molar-refractivity contribution < 1.29 is 18.3 Å². The zero-order valence-electron chi connectivity index (χ0n) is 9.83. The number of halogens is 3. The number of benzene rings is 1. The maximum Gasteiger partial charge on any atom is 0.307 e. The lowest BCUT2D eigenvalue weighted by atomic mass is 10.0. The molecule has 0 bridgehead atoms. The molecule has 1 rings (SSSR count). The van der Waals surface area contributed by atoms with Crippen molar-refractivity contribution in [2.45, 2.75) is 25.8 Å². The Morgan fingerprint density at radius 2 is 2.00 bits per heavy atom. The molecule has 0 heterocycles. The summed E-state index contributed by atoms with van der Waals surface area (Å²) in [5, 5.41) is 0. The summed E-state index contributed by atoms with van der Waals surface area (Å²) in [6, 6.07) is 3.60. The van der Waals surface area contributed by atoms with Gasteiger partial charge < -0.3 is 10.5 Å². The van der Waals surface area contributed by atoms with E-state index in [9.17, 15) is 13.6 Å². The van der Waals surface area contributed by atoms with E-state index in [-0.39, 0.29) is 18.6 Å². The Labute approximate surface area is 112 Å². The van der Waals surface area contributed by atoms with Crippen molar-refractivity contribution in [3.05, 3.63) is 33.8 Å². The Kier molecular flexibility index (Phi) is 5.68. The van der Waals surface area contributed by atoms with Crippen molar-refractivity contribution >= 4 is 21.9 Å². The van der Waals surface area contributed by atoms with Crippen LogP contribution in [0.5, 0.6) is 0 Å². The molecular formula is C12H14BrF2NO2. The first-order chi connectivity index (χ1) is 8.43. The lowest BCUT2D eigenvalue weighted by Gasteiger charge is -2.13. The van der Waals surface area contributed by atoms with Gasteiger partial charge in [0.2, 0.25) is 0 Å². The lowest BCUT2D eigenvalue weighted by molar-refractivity contribution is -0.143.